The second-order valence-corrected chi connectivity index (χ2v) is 3.34. The van der Waals surface area contributed by atoms with Gasteiger partial charge in [-0.25, -0.2) is 0 Å². The smallest absolute Gasteiger partial charge is 0.491 e. The molecule has 1 aromatic carbocycles. The lowest BCUT2D eigenvalue weighted by Gasteiger charge is -2.11. The third kappa shape index (κ3) is 4.91. The van der Waals surface area contributed by atoms with Crippen molar-refractivity contribution in [2.45, 2.75) is 12.4 Å². The van der Waals surface area contributed by atoms with E-state index >= 15 is 0 Å². The number of primary amides is 1. The molecule has 1 amide bonds. The summed E-state index contributed by atoms with van der Waals surface area (Å²) < 4.78 is 44.3. The molecule has 0 fully saturated rings. The summed E-state index contributed by atoms with van der Waals surface area (Å²) in [5, 5.41) is 0. The van der Waals surface area contributed by atoms with Gasteiger partial charge in [0.15, 0.2) is 0 Å². The second-order valence-electron chi connectivity index (χ2n) is 3.34. The number of carbonyl (C=O) groups excluding carboxylic acids is 1. The van der Waals surface area contributed by atoms with E-state index in [2.05, 4.69) is 4.74 Å². The number of halogens is 3. The highest BCUT2D eigenvalue weighted by atomic mass is 19.4. The van der Waals surface area contributed by atoms with Crippen LogP contribution in [0.15, 0.2) is 24.3 Å². The zero-order chi connectivity index (χ0) is 13.8. The van der Waals surface area contributed by atoms with Gasteiger partial charge in [0, 0.05) is 0 Å². The van der Waals surface area contributed by atoms with Gasteiger partial charge in [0.1, 0.15) is 24.1 Å². The Morgan fingerprint density at radius 1 is 1.22 bits per heavy atom. The first-order valence-corrected chi connectivity index (χ1v) is 4.81. The Bertz CT molecular complexity index is 406. The molecular formula is C10H11F3N2O3. The lowest BCUT2D eigenvalue weighted by atomic mass is 10.3. The highest BCUT2D eigenvalue weighted by Crippen LogP contribution is 2.24. The van der Waals surface area contributed by atoms with E-state index in [1.807, 2.05) is 0 Å². The lowest BCUT2D eigenvalue weighted by Crippen LogP contribution is -2.41. The summed E-state index contributed by atoms with van der Waals surface area (Å²) in [5.74, 6) is -0.845. The van der Waals surface area contributed by atoms with Gasteiger partial charge in [-0.15, -0.1) is 13.2 Å². The van der Waals surface area contributed by atoms with Crippen molar-refractivity contribution in [2.75, 3.05) is 6.61 Å². The first-order valence-electron chi connectivity index (χ1n) is 4.81. The van der Waals surface area contributed by atoms with Crippen LogP contribution in [0.3, 0.4) is 0 Å². The summed E-state index contributed by atoms with van der Waals surface area (Å²) >= 11 is 0. The van der Waals surface area contributed by atoms with E-state index in [4.69, 9.17) is 16.2 Å². The van der Waals surface area contributed by atoms with Crippen molar-refractivity contribution in [1.82, 2.24) is 0 Å². The molecule has 0 saturated heterocycles. The molecule has 100 valence electrons. The molecule has 4 N–H and O–H groups in total. The third-order valence-electron chi connectivity index (χ3n) is 1.85. The second kappa shape index (κ2) is 5.58. The van der Waals surface area contributed by atoms with E-state index < -0.39 is 18.3 Å². The number of hydrogen-bond acceptors (Lipinski definition) is 4. The molecule has 1 aromatic rings. The van der Waals surface area contributed by atoms with Crippen molar-refractivity contribution in [3.8, 4) is 11.5 Å². The highest BCUT2D eigenvalue weighted by Gasteiger charge is 2.30. The van der Waals surface area contributed by atoms with Crippen LogP contribution >= 0.6 is 0 Å². The van der Waals surface area contributed by atoms with Gasteiger partial charge < -0.3 is 20.9 Å². The van der Waals surface area contributed by atoms with Gasteiger partial charge in [-0.1, -0.05) is 0 Å². The molecule has 0 aliphatic carbocycles. The molecule has 0 radical (unpaired) electrons. The molecule has 0 spiro atoms. The molecule has 1 unspecified atom stereocenters. The maximum Gasteiger partial charge on any atom is 0.573 e. The van der Waals surface area contributed by atoms with E-state index in [1.165, 1.54) is 12.1 Å². The van der Waals surface area contributed by atoms with Crippen molar-refractivity contribution in [2.24, 2.45) is 11.5 Å². The van der Waals surface area contributed by atoms with Gasteiger partial charge in [0.05, 0.1) is 0 Å². The summed E-state index contributed by atoms with van der Waals surface area (Å²) in [5.41, 5.74) is 10.2. The number of rotatable bonds is 5. The van der Waals surface area contributed by atoms with Crippen molar-refractivity contribution in [3.05, 3.63) is 24.3 Å². The monoisotopic (exact) mass is 264 g/mol. The van der Waals surface area contributed by atoms with E-state index in [0.29, 0.717) is 0 Å². The van der Waals surface area contributed by atoms with Gasteiger partial charge in [-0.3, -0.25) is 4.79 Å². The Balaban J connectivity index is 2.53. The molecule has 0 aromatic heterocycles. The van der Waals surface area contributed by atoms with E-state index in [9.17, 15) is 18.0 Å². The first-order chi connectivity index (χ1) is 8.28. The Kier molecular flexibility index (Phi) is 4.38. The number of hydrogen-bond donors (Lipinski definition) is 2. The average molecular weight is 264 g/mol. The van der Waals surface area contributed by atoms with Crippen LogP contribution in [0.25, 0.3) is 0 Å². The van der Waals surface area contributed by atoms with Crippen LogP contribution in [0.5, 0.6) is 11.5 Å². The SMILES string of the molecule is NC(=O)C(N)COc1ccc(OC(F)(F)F)cc1. The summed E-state index contributed by atoms with van der Waals surface area (Å²) in [7, 11) is 0. The summed E-state index contributed by atoms with van der Waals surface area (Å²) in [6.45, 7) is -0.158. The number of carbonyl (C=O) groups is 1. The number of amides is 1. The lowest BCUT2D eigenvalue weighted by molar-refractivity contribution is -0.274. The normalized spacial score (nSPS) is 12.9. The molecule has 1 atom stereocenters. The molecule has 8 heteroatoms. The Labute approximate surface area is 100 Å². The number of alkyl halides is 3. The topological polar surface area (TPSA) is 87.6 Å². The van der Waals surface area contributed by atoms with Crippen LogP contribution < -0.4 is 20.9 Å². The first kappa shape index (κ1) is 14.1. The minimum atomic E-state index is -4.74. The van der Waals surface area contributed by atoms with Crippen LogP contribution in [0, 0.1) is 0 Å². The molecule has 0 saturated carbocycles. The van der Waals surface area contributed by atoms with Gasteiger partial charge in [-0.05, 0) is 24.3 Å². The van der Waals surface area contributed by atoms with Crippen LogP contribution in [0.2, 0.25) is 0 Å². The highest BCUT2D eigenvalue weighted by molar-refractivity contribution is 5.79. The largest absolute Gasteiger partial charge is 0.573 e. The number of nitrogens with two attached hydrogens (primary N) is 2. The summed E-state index contributed by atoms with van der Waals surface area (Å²) in [4.78, 5) is 10.6. The zero-order valence-electron chi connectivity index (χ0n) is 9.11. The van der Waals surface area contributed by atoms with Crippen molar-refractivity contribution in [1.29, 1.82) is 0 Å². The Morgan fingerprint density at radius 2 is 1.72 bits per heavy atom. The van der Waals surface area contributed by atoms with Gasteiger partial charge in [-0.2, -0.15) is 0 Å². The van der Waals surface area contributed by atoms with Crippen LogP contribution in [0.4, 0.5) is 13.2 Å². The predicted molar refractivity (Wildman–Crippen MR) is 55.8 cm³/mol. The summed E-state index contributed by atoms with van der Waals surface area (Å²) in [6, 6.07) is 3.71. The predicted octanol–water partition coefficient (Wildman–Crippen LogP) is 0.777. The fraction of sp³-hybridized carbons (Fsp3) is 0.300. The van der Waals surface area contributed by atoms with Gasteiger partial charge in [0.2, 0.25) is 5.91 Å². The molecule has 0 aliphatic heterocycles. The van der Waals surface area contributed by atoms with E-state index in [-0.39, 0.29) is 18.1 Å². The molecule has 18 heavy (non-hydrogen) atoms. The standard InChI is InChI=1S/C10H11F3N2O3/c11-10(12,13)18-7-3-1-6(2-4-7)17-5-8(14)9(15)16/h1-4,8H,5,14H2,(H2,15,16). The van der Waals surface area contributed by atoms with Crippen molar-refractivity contribution in [3.63, 3.8) is 0 Å². The van der Waals surface area contributed by atoms with Crippen LogP contribution in [0.1, 0.15) is 0 Å². The van der Waals surface area contributed by atoms with Crippen LogP contribution in [-0.4, -0.2) is 24.9 Å². The Hall–Kier alpha value is -1.96. The third-order valence-corrected chi connectivity index (χ3v) is 1.85. The fourth-order valence-electron chi connectivity index (χ4n) is 1.01. The fourth-order valence-corrected chi connectivity index (χ4v) is 1.01. The summed E-state index contributed by atoms with van der Waals surface area (Å²) in [6.07, 6.45) is -4.74. The maximum atomic E-state index is 11.9. The maximum absolute atomic E-state index is 11.9. The molecule has 0 aliphatic rings. The molecule has 0 heterocycles. The van der Waals surface area contributed by atoms with Crippen molar-refractivity contribution >= 4 is 5.91 Å². The van der Waals surface area contributed by atoms with Gasteiger partial charge >= 0.3 is 6.36 Å². The molecule has 1 rings (SSSR count). The molecule has 0 bridgehead atoms. The Morgan fingerprint density at radius 3 is 2.17 bits per heavy atom. The number of benzene rings is 1. The zero-order valence-corrected chi connectivity index (χ0v) is 9.11. The average Bonchev–Trinajstić information content (AvgIpc) is 2.25. The minimum Gasteiger partial charge on any atom is -0.491 e. The van der Waals surface area contributed by atoms with Crippen molar-refractivity contribution < 1.29 is 27.4 Å². The van der Waals surface area contributed by atoms with E-state index in [0.717, 1.165) is 12.1 Å². The van der Waals surface area contributed by atoms with Crippen LogP contribution in [-0.2, 0) is 4.79 Å². The van der Waals surface area contributed by atoms with E-state index in [1.54, 1.807) is 0 Å². The minimum absolute atomic E-state index is 0.158. The number of ether oxygens (including phenoxy) is 2. The van der Waals surface area contributed by atoms with Gasteiger partial charge in [0.25, 0.3) is 0 Å². The molecule has 5 nitrogen and oxygen atoms in total. The molecular weight excluding hydrogens is 253 g/mol. The quantitative estimate of drug-likeness (QED) is 0.822.